The first kappa shape index (κ1) is 38.5. The molecule has 0 unspecified atom stereocenters. The van der Waals surface area contributed by atoms with Crippen molar-refractivity contribution in [3.05, 3.63) is 242 Å². The van der Waals surface area contributed by atoms with Crippen LogP contribution in [-0.2, 0) is 5.41 Å². The van der Waals surface area contributed by atoms with Crippen LogP contribution in [-0.4, -0.2) is 9.97 Å². The van der Waals surface area contributed by atoms with Crippen molar-refractivity contribution in [2.24, 2.45) is 0 Å². The summed E-state index contributed by atoms with van der Waals surface area (Å²) in [7, 11) is 0. The Morgan fingerprint density at radius 1 is 0.277 bits per heavy atom. The summed E-state index contributed by atoms with van der Waals surface area (Å²) < 4.78 is 0. The van der Waals surface area contributed by atoms with E-state index in [4.69, 9.17) is 9.97 Å². The molecule has 0 radical (unpaired) electrons. The number of benzene rings is 10. The van der Waals surface area contributed by atoms with Gasteiger partial charge in [-0.3, -0.25) is 0 Å². The number of fused-ring (bicyclic) bond motifs is 5. The topological polar surface area (TPSA) is 25.8 Å². The molecule has 0 saturated carbocycles. The maximum Gasteiger partial charge on any atom is 0.160 e. The Morgan fingerprint density at radius 2 is 0.800 bits per heavy atom. The molecule has 0 saturated heterocycles. The van der Waals surface area contributed by atoms with Crippen LogP contribution in [0.5, 0.6) is 0 Å². The maximum atomic E-state index is 5.29. The van der Waals surface area contributed by atoms with Gasteiger partial charge in [-0.1, -0.05) is 208 Å². The third-order valence-electron chi connectivity index (χ3n) is 13.5. The molecule has 0 aliphatic heterocycles. The largest absolute Gasteiger partial charge is 0.228 e. The van der Waals surface area contributed by atoms with Gasteiger partial charge in [0, 0.05) is 22.1 Å². The minimum atomic E-state index is -0.0531. The molecule has 306 valence electrons. The molecule has 0 fully saturated rings. The Labute approximate surface area is 380 Å². The van der Waals surface area contributed by atoms with Crippen LogP contribution in [0.2, 0.25) is 0 Å². The van der Waals surface area contributed by atoms with Crippen LogP contribution in [0.3, 0.4) is 0 Å². The Hall–Kier alpha value is -8.20. The Kier molecular flexibility index (Phi) is 9.21. The smallest absolute Gasteiger partial charge is 0.160 e. The Bertz CT molecular complexity index is 3600. The van der Waals surface area contributed by atoms with E-state index in [-0.39, 0.29) is 5.41 Å². The summed E-state index contributed by atoms with van der Waals surface area (Å²) in [6.45, 7) is 4.69. The van der Waals surface area contributed by atoms with Gasteiger partial charge in [-0.2, -0.15) is 0 Å². The van der Waals surface area contributed by atoms with Crippen LogP contribution in [0.25, 0.3) is 111 Å². The quantitative estimate of drug-likeness (QED) is 0.160. The van der Waals surface area contributed by atoms with Crippen molar-refractivity contribution in [1.82, 2.24) is 9.97 Å². The molecule has 0 bridgehead atoms. The van der Waals surface area contributed by atoms with Crippen LogP contribution in [0, 0.1) is 0 Å². The van der Waals surface area contributed by atoms with Gasteiger partial charge in [-0.05, 0) is 125 Å². The molecule has 2 nitrogen and oxygen atoms in total. The monoisotopic (exact) mass is 828 g/mol. The fourth-order valence-corrected chi connectivity index (χ4v) is 10.1. The predicted molar refractivity (Wildman–Crippen MR) is 273 cm³/mol. The summed E-state index contributed by atoms with van der Waals surface area (Å²) in [5.74, 6) is 0.700. The van der Waals surface area contributed by atoms with E-state index in [1.54, 1.807) is 0 Å². The van der Waals surface area contributed by atoms with Gasteiger partial charge in [0.15, 0.2) is 5.82 Å². The molecule has 1 heterocycles. The van der Waals surface area contributed by atoms with Gasteiger partial charge in [0.25, 0.3) is 0 Å². The first-order chi connectivity index (χ1) is 31.9. The normalized spacial score (nSPS) is 12.6. The summed E-state index contributed by atoms with van der Waals surface area (Å²) in [5.41, 5.74) is 19.7. The van der Waals surface area contributed by atoms with E-state index in [0.29, 0.717) is 5.82 Å². The number of aromatic nitrogens is 2. The standard InChI is InChI=1S/C63H44N2/c1-63(2)58-24-14-13-23-55(58)57-39-48(31-34-59(57)63)50-36-49(47-30-27-42-17-9-10-20-46(42)35-47)37-51(38-50)52-32-33-56(54-22-12-11-21-53(52)54)61-40-60(64-62(65-61)45-18-7-4-8-19-45)44-28-25-43(26-29-44)41-15-5-3-6-16-41/h3-40H,1-2H3. The van der Waals surface area contributed by atoms with Crippen LogP contribution < -0.4 is 0 Å². The predicted octanol–water partition coefficient (Wildman–Crippen LogP) is 16.8. The van der Waals surface area contributed by atoms with Crippen molar-refractivity contribution in [1.29, 1.82) is 0 Å². The summed E-state index contributed by atoms with van der Waals surface area (Å²) in [4.78, 5) is 10.5. The molecule has 1 aliphatic rings. The average molecular weight is 829 g/mol. The highest BCUT2D eigenvalue weighted by atomic mass is 14.9. The number of hydrogen-bond acceptors (Lipinski definition) is 2. The molecule has 0 spiro atoms. The van der Waals surface area contributed by atoms with Gasteiger partial charge < -0.3 is 0 Å². The van der Waals surface area contributed by atoms with Gasteiger partial charge in [0.1, 0.15) is 0 Å². The van der Waals surface area contributed by atoms with Crippen LogP contribution in [0.4, 0.5) is 0 Å². The second-order valence-electron chi connectivity index (χ2n) is 17.8. The SMILES string of the molecule is CC1(C)c2ccccc2-c2cc(-c3cc(-c4ccc5ccccc5c4)cc(-c4ccc(-c5cc(-c6ccc(-c7ccccc7)cc6)nc(-c6ccccc6)n5)c5ccccc45)c3)ccc21. The van der Waals surface area contributed by atoms with Gasteiger partial charge in [-0.15, -0.1) is 0 Å². The zero-order chi connectivity index (χ0) is 43.5. The second kappa shape index (κ2) is 15.6. The molecule has 1 aliphatic carbocycles. The molecular formula is C63H44N2. The van der Waals surface area contributed by atoms with Crippen molar-refractivity contribution in [2.75, 3.05) is 0 Å². The minimum Gasteiger partial charge on any atom is -0.228 e. The number of nitrogens with zero attached hydrogens (tertiary/aromatic N) is 2. The lowest BCUT2D eigenvalue weighted by Crippen LogP contribution is -2.14. The fraction of sp³-hybridized carbons (Fsp3) is 0.0476. The molecule has 0 N–H and O–H groups in total. The Morgan fingerprint density at radius 3 is 1.57 bits per heavy atom. The highest BCUT2D eigenvalue weighted by molar-refractivity contribution is 6.06. The first-order valence-electron chi connectivity index (χ1n) is 22.5. The molecule has 0 atom stereocenters. The highest BCUT2D eigenvalue weighted by Gasteiger charge is 2.35. The second-order valence-corrected chi connectivity index (χ2v) is 17.8. The van der Waals surface area contributed by atoms with E-state index in [0.717, 1.165) is 33.5 Å². The lowest BCUT2D eigenvalue weighted by Gasteiger charge is -2.21. The molecule has 2 heteroatoms. The molecule has 12 rings (SSSR count). The van der Waals surface area contributed by atoms with Crippen molar-refractivity contribution in [3.63, 3.8) is 0 Å². The molecule has 10 aromatic carbocycles. The summed E-state index contributed by atoms with van der Waals surface area (Å²) in [6.07, 6.45) is 0. The van der Waals surface area contributed by atoms with Gasteiger partial charge in [0.05, 0.1) is 11.4 Å². The van der Waals surface area contributed by atoms with Gasteiger partial charge in [-0.25, -0.2) is 9.97 Å². The summed E-state index contributed by atoms with van der Waals surface area (Å²) in [6, 6.07) is 83.6. The molecule has 65 heavy (non-hydrogen) atoms. The van der Waals surface area contributed by atoms with Crippen LogP contribution in [0.1, 0.15) is 25.0 Å². The van der Waals surface area contributed by atoms with Crippen molar-refractivity contribution in [3.8, 4) is 89.5 Å². The molecule has 11 aromatic rings. The third-order valence-corrected chi connectivity index (χ3v) is 13.5. The van der Waals surface area contributed by atoms with Crippen molar-refractivity contribution >= 4 is 21.5 Å². The van der Waals surface area contributed by atoms with E-state index in [9.17, 15) is 0 Å². The molecule has 1 aromatic heterocycles. The van der Waals surface area contributed by atoms with Crippen molar-refractivity contribution < 1.29 is 0 Å². The Balaban J connectivity index is 1.02. The molecule has 0 amide bonds. The first-order valence-corrected chi connectivity index (χ1v) is 22.5. The van der Waals surface area contributed by atoms with Crippen LogP contribution >= 0.6 is 0 Å². The van der Waals surface area contributed by atoms with E-state index >= 15 is 0 Å². The zero-order valence-corrected chi connectivity index (χ0v) is 36.3. The fourth-order valence-electron chi connectivity index (χ4n) is 10.1. The van der Waals surface area contributed by atoms with Gasteiger partial charge in [0.2, 0.25) is 0 Å². The van der Waals surface area contributed by atoms with Crippen LogP contribution in [0.15, 0.2) is 231 Å². The summed E-state index contributed by atoms with van der Waals surface area (Å²) >= 11 is 0. The molecular weight excluding hydrogens is 785 g/mol. The summed E-state index contributed by atoms with van der Waals surface area (Å²) in [5, 5.41) is 4.78. The van der Waals surface area contributed by atoms with Crippen molar-refractivity contribution in [2.45, 2.75) is 19.3 Å². The lowest BCUT2D eigenvalue weighted by atomic mass is 9.82. The zero-order valence-electron chi connectivity index (χ0n) is 36.3. The minimum absolute atomic E-state index is 0.0531. The maximum absolute atomic E-state index is 5.29. The van der Waals surface area contributed by atoms with E-state index in [1.807, 2.05) is 18.2 Å². The van der Waals surface area contributed by atoms with E-state index in [1.165, 1.54) is 82.9 Å². The number of hydrogen-bond donors (Lipinski definition) is 0. The van der Waals surface area contributed by atoms with E-state index < -0.39 is 0 Å². The van der Waals surface area contributed by atoms with E-state index in [2.05, 4.69) is 226 Å². The lowest BCUT2D eigenvalue weighted by molar-refractivity contribution is 0.660. The average Bonchev–Trinajstić information content (AvgIpc) is 3.61. The number of rotatable bonds is 7. The third kappa shape index (κ3) is 6.83. The van der Waals surface area contributed by atoms with Gasteiger partial charge >= 0.3 is 0 Å². The highest BCUT2D eigenvalue weighted by Crippen LogP contribution is 2.50.